The first-order chi connectivity index (χ1) is 11.6. The number of carbonyl (C=O) groups excluding carboxylic acids is 1. The SMILES string of the molecule is CCOC(=O)c1cnc2nc(NCc3ccccc3C)[nH]n2c1=O. The highest BCUT2D eigenvalue weighted by Crippen LogP contribution is 2.09. The van der Waals surface area contributed by atoms with Gasteiger partial charge < -0.3 is 10.1 Å². The predicted molar refractivity (Wildman–Crippen MR) is 88.1 cm³/mol. The maximum atomic E-state index is 12.3. The summed E-state index contributed by atoms with van der Waals surface area (Å²) in [5, 5.41) is 5.91. The zero-order valence-corrected chi connectivity index (χ0v) is 13.4. The first-order valence-corrected chi connectivity index (χ1v) is 7.53. The Morgan fingerprint density at radius 2 is 2.17 bits per heavy atom. The highest BCUT2D eigenvalue weighted by Gasteiger charge is 2.16. The van der Waals surface area contributed by atoms with Gasteiger partial charge in [-0.3, -0.25) is 9.89 Å². The van der Waals surface area contributed by atoms with Crippen molar-refractivity contribution in [2.45, 2.75) is 20.4 Å². The summed E-state index contributed by atoms with van der Waals surface area (Å²) in [4.78, 5) is 32.3. The lowest BCUT2D eigenvalue weighted by Crippen LogP contribution is -2.24. The van der Waals surface area contributed by atoms with Gasteiger partial charge in [0.05, 0.1) is 12.8 Å². The maximum absolute atomic E-state index is 12.3. The van der Waals surface area contributed by atoms with Crippen molar-refractivity contribution in [3.05, 3.63) is 57.5 Å². The zero-order chi connectivity index (χ0) is 17.1. The van der Waals surface area contributed by atoms with Crippen LogP contribution in [0.2, 0.25) is 0 Å². The van der Waals surface area contributed by atoms with Crippen LogP contribution < -0.4 is 10.9 Å². The first-order valence-electron chi connectivity index (χ1n) is 7.53. The van der Waals surface area contributed by atoms with Crippen molar-refractivity contribution < 1.29 is 9.53 Å². The van der Waals surface area contributed by atoms with Gasteiger partial charge in [-0.05, 0) is 25.0 Å². The fraction of sp³-hybridized carbons (Fsp3) is 0.250. The molecule has 24 heavy (non-hydrogen) atoms. The number of fused-ring (bicyclic) bond motifs is 1. The lowest BCUT2D eigenvalue weighted by Gasteiger charge is -2.05. The summed E-state index contributed by atoms with van der Waals surface area (Å²) in [6, 6.07) is 7.96. The highest BCUT2D eigenvalue weighted by atomic mass is 16.5. The van der Waals surface area contributed by atoms with Gasteiger partial charge in [-0.2, -0.15) is 9.50 Å². The molecule has 0 atom stereocenters. The van der Waals surface area contributed by atoms with E-state index in [1.54, 1.807) is 6.92 Å². The van der Waals surface area contributed by atoms with Crippen LogP contribution in [0.4, 0.5) is 5.95 Å². The molecular formula is C16H17N5O3. The van der Waals surface area contributed by atoms with E-state index in [-0.39, 0.29) is 17.9 Å². The van der Waals surface area contributed by atoms with Crippen molar-refractivity contribution >= 4 is 17.7 Å². The molecule has 1 aromatic carbocycles. The summed E-state index contributed by atoms with van der Waals surface area (Å²) in [6.45, 7) is 4.43. The molecule has 2 aromatic heterocycles. The van der Waals surface area contributed by atoms with Gasteiger partial charge in [-0.15, -0.1) is 0 Å². The summed E-state index contributed by atoms with van der Waals surface area (Å²) in [6.07, 6.45) is 1.18. The monoisotopic (exact) mass is 327 g/mol. The molecule has 8 nitrogen and oxygen atoms in total. The summed E-state index contributed by atoms with van der Waals surface area (Å²) < 4.78 is 5.96. The predicted octanol–water partition coefficient (Wildman–Crippen LogP) is 1.51. The second-order valence-electron chi connectivity index (χ2n) is 5.19. The molecule has 0 aliphatic carbocycles. The van der Waals surface area contributed by atoms with E-state index in [4.69, 9.17) is 4.74 Å². The number of anilines is 1. The molecule has 0 saturated heterocycles. The van der Waals surface area contributed by atoms with Gasteiger partial charge in [0.25, 0.3) is 11.3 Å². The van der Waals surface area contributed by atoms with Crippen LogP contribution in [0.3, 0.4) is 0 Å². The average molecular weight is 327 g/mol. The van der Waals surface area contributed by atoms with Crippen LogP contribution in [0, 0.1) is 6.92 Å². The molecule has 0 aliphatic rings. The number of nitrogens with zero attached hydrogens (tertiary/aromatic N) is 3. The number of nitrogens with one attached hydrogen (secondary N) is 2. The first kappa shape index (κ1) is 15.7. The Hall–Kier alpha value is -3.16. The van der Waals surface area contributed by atoms with E-state index in [9.17, 15) is 9.59 Å². The molecular weight excluding hydrogens is 310 g/mol. The number of hydrogen-bond acceptors (Lipinski definition) is 6. The zero-order valence-electron chi connectivity index (χ0n) is 13.4. The van der Waals surface area contributed by atoms with Crippen molar-refractivity contribution in [1.82, 2.24) is 19.6 Å². The smallest absolute Gasteiger partial charge is 0.345 e. The topological polar surface area (TPSA) is 101 Å². The van der Waals surface area contributed by atoms with Crippen molar-refractivity contribution in [3.8, 4) is 0 Å². The number of H-pyrrole nitrogens is 1. The van der Waals surface area contributed by atoms with E-state index >= 15 is 0 Å². The van der Waals surface area contributed by atoms with Crippen LogP contribution in [0.1, 0.15) is 28.4 Å². The molecule has 0 fully saturated rings. The van der Waals surface area contributed by atoms with Gasteiger partial charge in [0.1, 0.15) is 5.56 Å². The number of hydrogen-bond donors (Lipinski definition) is 2. The number of aromatic amines is 1. The molecule has 0 radical (unpaired) electrons. The van der Waals surface area contributed by atoms with Crippen LogP contribution in [0.5, 0.6) is 0 Å². The Morgan fingerprint density at radius 3 is 2.92 bits per heavy atom. The molecule has 0 unspecified atom stereocenters. The van der Waals surface area contributed by atoms with Gasteiger partial charge >= 0.3 is 5.97 Å². The Bertz CT molecular complexity index is 944. The Morgan fingerprint density at radius 1 is 1.38 bits per heavy atom. The van der Waals surface area contributed by atoms with Crippen LogP contribution in [0.15, 0.2) is 35.3 Å². The van der Waals surface area contributed by atoms with Gasteiger partial charge in [0, 0.05) is 6.54 Å². The van der Waals surface area contributed by atoms with Crippen LogP contribution in [0.25, 0.3) is 5.78 Å². The largest absolute Gasteiger partial charge is 0.462 e. The minimum absolute atomic E-state index is 0.136. The number of carbonyl (C=O) groups is 1. The van der Waals surface area contributed by atoms with E-state index in [1.807, 2.05) is 31.2 Å². The molecule has 124 valence electrons. The lowest BCUT2D eigenvalue weighted by atomic mass is 10.1. The third-order valence-electron chi connectivity index (χ3n) is 3.58. The third kappa shape index (κ3) is 2.98. The van der Waals surface area contributed by atoms with E-state index in [0.29, 0.717) is 12.5 Å². The minimum atomic E-state index is -0.701. The van der Waals surface area contributed by atoms with Crippen molar-refractivity contribution in [2.24, 2.45) is 0 Å². The molecule has 3 rings (SSSR count). The number of aromatic nitrogens is 4. The van der Waals surface area contributed by atoms with Crippen molar-refractivity contribution in [1.29, 1.82) is 0 Å². The summed E-state index contributed by atoms with van der Waals surface area (Å²) in [5.41, 5.74) is 1.59. The third-order valence-corrected chi connectivity index (χ3v) is 3.58. The molecule has 0 saturated carbocycles. The number of aryl methyl sites for hydroxylation is 1. The number of ether oxygens (including phenoxy) is 1. The molecule has 2 N–H and O–H groups in total. The van der Waals surface area contributed by atoms with E-state index in [1.165, 1.54) is 6.20 Å². The van der Waals surface area contributed by atoms with Gasteiger partial charge in [0.15, 0.2) is 0 Å². The quantitative estimate of drug-likeness (QED) is 0.689. The summed E-state index contributed by atoms with van der Waals surface area (Å²) in [5.74, 6) is -0.127. The maximum Gasteiger partial charge on any atom is 0.345 e. The molecule has 8 heteroatoms. The van der Waals surface area contributed by atoms with E-state index in [2.05, 4.69) is 20.4 Å². The van der Waals surface area contributed by atoms with Gasteiger partial charge in [-0.1, -0.05) is 24.3 Å². The highest BCUT2D eigenvalue weighted by molar-refractivity contribution is 5.88. The standard InChI is InChI=1S/C16H17N5O3/c1-3-24-14(23)12-9-18-16-19-15(20-21(16)13(12)22)17-8-11-7-5-4-6-10(11)2/h4-7,9H,3,8H2,1-2H3,(H2,17,18,19,20). The second kappa shape index (κ2) is 6.53. The Balaban J connectivity index is 1.86. The van der Waals surface area contributed by atoms with Crippen molar-refractivity contribution in [2.75, 3.05) is 11.9 Å². The molecule has 0 amide bonds. The minimum Gasteiger partial charge on any atom is -0.462 e. The van der Waals surface area contributed by atoms with Crippen LogP contribution >= 0.6 is 0 Å². The van der Waals surface area contributed by atoms with E-state index < -0.39 is 11.5 Å². The van der Waals surface area contributed by atoms with Gasteiger partial charge in [0.2, 0.25) is 5.95 Å². The van der Waals surface area contributed by atoms with Crippen molar-refractivity contribution in [3.63, 3.8) is 0 Å². The number of benzene rings is 1. The molecule has 3 aromatic rings. The second-order valence-corrected chi connectivity index (χ2v) is 5.19. The van der Waals surface area contributed by atoms with Gasteiger partial charge in [-0.25, -0.2) is 9.78 Å². The fourth-order valence-corrected chi connectivity index (χ4v) is 2.27. The molecule has 0 aliphatic heterocycles. The number of rotatable bonds is 5. The average Bonchev–Trinajstić information content (AvgIpc) is 2.99. The summed E-state index contributed by atoms with van der Waals surface area (Å²) in [7, 11) is 0. The number of esters is 1. The Kier molecular flexibility index (Phi) is 4.28. The lowest BCUT2D eigenvalue weighted by molar-refractivity contribution is 0.0523. The Labute approximate surface area is 137 Å². The van der Waals surface area contributed by atoms with Crippen LogP contribution in [-0.4, -0.2) is 32.2 Å². The van der Waals surface area contributed by atoms with E-state index in [0.717, 1.165) is 15.6 Å². The molecule has 2 heterocycles. The summed E-state index contributed by atoms with van der Waals surface area (Å²) >= 11 is 0. The molecule has 0 spiro atoms. The molecule has 0 bridgehead atoms. The fourth-order valence-electron chi connectivity index (χ4n) is 2.27. The van der Waals surface area contributed by atoms with Crippen LogP contribution in [-0.2, 0) is 11.3 Å². The normalized spacial score (nSPS) is 10.8.